The van der Waals surface area contributed by atoms with Gasteiger partial charge in [0.25, 0.3) is 5.91 Å². The first kappa shape index (κ1) is 39.4. The Kier molecular flexibility index (Phi) is 11.5. The van der Waals surface area contributed by atoms with Crippen molar-refractivity contribution in [3.63, 3.8) is 0 Å². The van der Waals surface area contributed by atoms with E-state index in [1.807, 2.05) is 0 Å². The van der Waals surface area contributed by atoms with Crippen LogP contribution >= 0.6 is 23.2 Å². The van der Waals surface area contributed by atoms with Gasteiger partial charge >= 0.3 is 12.2 Å². The molecule has 5 atom stereocenters. The predicted molar refractivity (Wildman–Crippen MR) is 196 cm³/mol. The van der Waals surface area contributed by atoms with Crippen molar-refractivity contribution >= 4 is 63.1 Å². The summed E-state index contributed by atoms with van der Waals surface area (Å²) in [5, 5.41) is 5.96. The normalized spacial score (nSPS) is 28.2. The number of ether oxygens (including phenoxy) is 2. The number of carbonyl (C=O) groups is 5. The molecule has 17 heteroatoms. The lowest BCUT2D eigenvalue weighted by atomic mass is 10.00. The number of rotatable bonds is 5. The Hall–Kier alpha value is -3.30. The number of halogens is 2. The lowest BCUT2D eigenvalue weighted by molar-refractivity contribution is -0.141. The summed E-state index contributed by atoms with van der Waals surface area (Å²) < 4.78 is 39.2. The number of benzene rings is 1. The second-order valence-corrected chi connectivity index (χ2v) is 18.8. The zero-order valence-electron chi connectivity index (χ0n) is 30.4. The highest BCUT2D eigenvalue weighted by Crippen LogP contribution is 2.48. The van der Waals surface area contributed by atoms with Gasteiger partial charge in [-0.25, -0.2) is 18.0 Å². The van der Waals surface area contributed by atoms with Crippen molar-refractivity contribution in [2.45, 2.75) is 139 Å². The van der Waals surface area contributed by atoms with Gasteiger partial charge in [0.1, 0.15) is 29.3 Å². The van der Waals surface area contributed by atoms with Crippen LogP contribution in [0.2, 0.25) is 10.0 Å². The Bertz CT molecular complexity index is 1750. The first-order valence-corrected chi connectivity index (χ1v) is 20.9. The maximum Gasteiger partial charge on any atom is 0.410 e. The molecule has 292 valence electrons. The zero-order chi connectivity index (χ0) is 38.3. The Morgan fingerprint density at radius 3 is 2.30 bits per heavy atom. The molecular formula is C36H49Cl2N5O9S. The van der Waals surface area contributed by atoms with E-state index in [1.54, 1.807) is 32.9 Å². The molecule has 2 aliphatic carbocycles. The van der Waals surface area contributed by atoms with Gasteiger partial charge in [-0.05, 0) is 88.5 Å². The van der Waals surface area contributed by atoms with Crippen molar-refractivity contribution in [3.05, 3.63) is 33.3 Å². The van der Waals surface area contributed by atoms with E-state index in [4.69, 9.17) is 32.7 Å². The van der Waals surface area contributed by atoms with Gasteiger partial charge in [0, 0.05) is 23.0 Å². The van der Waals surface area contributed by atoms with Crippen molar-refractivity contribution in [1.29, 1.82) is 0 Å². The summed E-state index contributed by atoms with van der Waals surface area (Å²) in [6, 6.07) is 1.16. The van der Waals surface area contributed by atoms with E-state index >= 15 is 0 Å². The fourth-order valence-corrected chi connectivity index (χ4v) is 9.54. The Morgan fingerprint density at radius 2 is 1.62 bits per heavy atom. The van der Waals surface area contributed by atoms with Crippen LogP contribution in [-0.4, -0.2) is 95.8 Å². The standard InChI is InChI=1S/C36H49Cl2N5O9S/c1-35(2,3)52-33(47)39-28-10-8-6-4-5-7-9-21-18-36(21,32(46)41-53(49,50)23-11-12-23)40-30(44)29-17-22(19-43(29)31(28)45)51-34(48)42-16-15-24-25(20-42)27(38)14-13-26(24)37/h13-14,21-23,28-29H,4-12,15-20H2,1-3H3,(H,39,47)(H,40,44)(H,41,46)/t21-,22-,28+,29+,36-/m1/s1. The number of alkyl carbamates (subject to hydrolysis) is 1. The van der Waals surface area contributed by atoms with Gasteiger partial charge in [-0.2, -0.15) is 0 Å². The van der Waals surface area contributed by atoms with Crippen LogP contribution in [0.4, 0.5) is 9.59 Å². The monoisotopic (exact) mass is 797 g/mol. The lowest BCUT2D eigenvalue weighted by Gasteiger charge is -2.31. The zero-order valence-corrected chi connectivity index (χ0v) is 32.7. The SMILES string of the molecule is CC(C)(C)OC(=O)N[C@H]1CCCCCCC[C@@H]2C[C@@]2(C(=O)NS(=O)(=O)C2CC2)NC(=O)[C@@H]2C[C@@H](OC(=O)N3CCc4c(Cl)ccc(Cl)c4C3)CN2C1=O. The average Bonchev–Trinajstić information content (AvgIpc) is 4.01. The molecular weight excluding hydrogens is 749 g/mol. The van der Waals surface area contributed by atoms with E-state index in [0.717, 1.165) is 36.8 Å². The quantitative estimate of drug-likeness (QED) is 0.385. The minimum Gasteiger partial charge on any atom is -0.444 e. The van der Waals surface area contributed by atoms with Crippen molar-refractivity contribution < 1.29 is 41.9 Å². The maximum absolute atomic E-state index is 14.4. The number of nitrogens with one attached hydrogen (secondary N) is 3. The van der Waals surface area contributed by atoms with Gasteiger partial charge in [-0.15, -0.1) is 0 Å². The highest BCUT2D eigenvalue weighted by Gasteiger charge is 2.62. The van der Waals surface area contributed by atoms with Crippen molar-refractivity contribution in [2.24, 2.45) is 5.92 Å². The number of nitrogens with zero attached hydrogens (tertiary/aromatic N) is 2. The summed E-state index contributed by atoms with van der Waals surface area (Å²) in [4.78, 5) is 71.6. The summed E-state index contributed by atoms with van der Waals surface area (Å²) in [7, 11) is -3.89. The largest absolute Gasteiger partial charge is 0.444 e. The Morgan fingerprint density at radius 1 is 0.962 bits per heavy atom. The molecule has 0 unspecified atom stereocenters. The molecule has 53 heavy (non-hydrogen) atoms. The molecule has 1 aromatic rings. The van der Waals surface area contributed by atoms with Crippen LogP contribution in [0.15, 0.2) is 12.1 Å². The average molecular weight is 799 g/mol. The minimum absolute atomic E-state index is 0.0811. The van der Waals surface area contributed by atoms with Gasteiger partial charge in [-0.3, -0.25) is 19.1 Å². The summed E-state index contributed by atoms with van der Waals surface area (Å²) in [6.07, 6.45) is 4.01. The van der Waals surface area contributed by atoms with E-state index in [-0.39, 0.29) is 38.3 Å². The summed E-state index contributed by atoms with van der Waals surface area (Å²) in [5.41, 5.74) is -0.700. The number of sulfonamides is 1. The third kappa shape index (κ3) is 9.16. The van der Waals surface area contributed by atoms with Crippen LogP contribution in [0, 0.1) is 5.92 Å². The predicted octanol–water partition coefficient (Wildman–Crippen LogP) is 4.58. The maximum atomic E-state index is 14.4. The van der Waals surface area contributed by atoms with Gasteiger partial charge in [-0.1, -0.05) is 55.3 Å². The van der Waals surface area contributed by atoms with Crippen molar-refractivity contribution in [1.82, 2.24) is 25.2 Å². The molecule has 2 saturated heterocycles. The molecule has 1 aromatic carbocycles. The van der Waals surface area contributed by atoms with E-state index in [0.29, 0.717) is 48.7 Å². The highest BCUT2D eigenvalue weighted by atomic mass is 35.5. The fourth-order valence-electron chi connectivity index (χ4n) is 7.67. The number of carbonyl (C=O) groups excluding carboxylic acids is 5. The fraction of sp³-hybridized carbons (Fsp3) is 0.694. The molecule has 0 aromatic heterocycles. The smallest absolute Gasteiger partial charge is 0.410 e. The van der Waals surface area contributed by atoms with Crippen molar-refractivity contribution in [2.75, 3.05) is 13.1 Å². The van der Waals surface area contributed by atoms with Crippen LogP contribution in [-0.2, 0) is 46.8 Å². The number of hydrogen-bond acceptors (Lipinski definition) is 9. The van der Waals surface area contributed by atoms with Crippen LogP contribution in [0.25, 0.3) is 0 Å². The first-order valence-electron chi connectivity index (χ1n) is 18.6. The molecule has 14 nitrogen and oxygen atoms in total. The number of amides is 5. The Labute approximate surface area is 320 Å². The van der Waals surface area contributed by atoms with Gasteiger partial charge < -0.3 is 29.9 Å². The van der Waals surface area contributed by atoms with E-state index in [2.05, 4.69) is 15.4 Å². The first-order chi connectivity index (χ1) is 25.0. The summed E-state index contributed by atoms with van der Waals surface area (Å²) >= 11 is 12.8. The lowest BCUT2D eigenvalue weighted by Crippen LogP contribution is -2.58. The molecule has 0 bridgehead atoms. The third-order valence-corrected chi connectivity index (χ3v) is 13.3. The molecule has 3 heterocycles. The minimum atomic E-state index is -3.89. The van der Waals surface area contributed by atoms with Gasteiger partial charge in [0.15, 0.2) is 0 Å². The van der Waals surface area contributed by atoms with Gasteiger partial charge in [0.2, 0.25) is 21.8 Å². The molecule has 0 spiro atoms. The van der Waals surface area contributed by atoms with Gasteiger partial charge in [0.05, 0.1) is 18.3 Å². The van der Waals surface area contributed by atoms with E-state index in [1.165, 1.54) is 9.80 Å². The molecule has 2 saturated carbocycles. The molecule has 3 N–H and O–H groups in total. The molecule has 3 aliphatic heterocycles. The molecule has 6 rings (SSSR count). The molecule has 5 aliphatic rings. The van der Waals surface area contributed by atoms with E-state index < -0.39 is 74.5 Å². The van der Waals surface area contributed by atoms with Crippen LogP contribution in [0.3, 0.4) is 0 Å². The van der Waals surface area contributed by atoms with Crippen LogP contribution < -0.4 is 15.4 Å². The van der Waals surface area contributed by atoms with Crippen LogP contribution in [0.1, 0.15) is 103 Å². The second-order valence-electron chi connectivity index (χ2n) is 16.0. The molecule has 4 fully saturated rings. The number of hydrogen-bond donors (Lipinski definition) is 3. The van der Waals surface area contributed by atoms with Crippen LogP contribution in [0.5, 0.6) is 0 Å². The topological polar surface area (TPSA) is 181 Å². The highest BCUT2D eigenvalue weighted by molar-refractivity contribution is 7.91. The van der Waals surface area contributed by atoms with E-state index in [9.17, 15) is 32.4 Å². The van der Waals surface area contributed by atoms with Crippen molar-refractivity contribution in [3.8, 4) is 0 Å². The third-order valence-electron chi connectivity index (χ3n) is 10.8. The second kappa shape index (κ2) is 15.4. The summed E-state index contributed by atoms with van der Waals surface area (Å²) in [6.45, 7) is 5.46. The summed E-state index contributed by atoms with van der Waals surface area (Å²) in [5.74, 6) is -2.29. The Balaban J connectivity index is 1.24. The molecule has 5 amide bonds. The molecule has 0 radical (unpaired) electrons. The number of fused-ring (bicyclic) bond motifs is 3.